The molecule has 2 heterocycles. The van der Waals surface area contributed by atoms with E-state index in [2.05, 4.69) is 4.98 Å². The summed E-state index contributed by atoms with van der Waals surface area (Å²) in [5.74, 6) is -3.12. The summed E-state index contributed by atoms with van der Waals surface area (Å²) >= 11 is 6.14. The molecule has 1 aliphatic heterocycles. The molecule has 0 bridgehead atoms. The maximum Gasteiger partial charge on any atom is 0.248 e. The van der Waals surface area contributed by atoms with Crippen molar-refractivity contribution in [2.75, 3.05) is 18.8 Å². The Bertz CT molecular complexity index is 668. The summed E-state index contributed by atoms with van der Waals surface area (Å²) in [6.07, 6.45) is 2.35. The van der Waals surface area contributed by atoms with Crippen molar-refractivity contribution in [3.8, 4) is 0 Å². The smallest absolute Gasteiger partial charge is 0.248 e. The monoisotopic (exact) mass is 364 g/mol. The van der Waals surface area contributed by atoms with E-state index in [9.17, 15) is 17.2 Å². The average molecular weight is 365 g/mol. The normalized spacial score (nSPS) is 23.6. The molecule has 128 valence electrons. The molecular formula is C15H19ClF2N2O2S. The number of halogens is 3. The van der Waals surface area contributed by atoms with Gasteiger partial charge >= 0.3 is 0 Å². The molecule has 4 nitrogen and oxygen atoms in total. The van der Waals surface area contributed by atoms with E-state index in [4.69, 9.17) is 11.6 Å². The Balaban J connectivity index is 1.57. The molecule has 3 rings (SSSR count). The molecule has 1 aromatic heterocycles. The lowest BCUT2D eigenvalue weighted by molar-refractivity contribution is -0.103. The maximum atomic E-state index is 12.9. The highest BCUT2D eigenvalue weighted by Crippen LogP contribution is 2.43. The van der Waals surface area contributed by atoms with Gasteiger partial charge in [-0.2, -0.15) is 0 Å². The van der Waals surface area contributed by atoms with Crippen molar-refractivity contribution in [3.05, 3.63) is 29.0 Å². The van der Waals surface area contributed by atoms with Crippen LogP contribution in [0.25, 0.3) is 0 Å². The van der Waals surface area contributed by atoms with Gasteiger partial charge in [0.15, 0.2) is 0 Å². The Hall–Kier alpha value is -0.790. The fourth-order valence-corrected chi connectivity index (χ4v) is 5.50. The first kappa shape index (κ1) is 17.0. The highest BCUT2D eigenvalue weighted by Gasteiger charge is 2.47. The zero-order valence-electron chi connectivity index (χ0n) is 12.6. The van der Waals surface area contributed by atoms with Gasteiger partial charge in [0, 0.05) is 38.0 Å². The van der Waals surface area contributed by atoms with E-state index in [0.29, 0.717) is 31.0 Å². The lowest BCUT2D eigenvalue weighted by Crippen LogP contribution is -2.45. The molecule has 23 heavy (non-hydrogen) atoms. The molecule has 2 aliphatic rings. The van der Waals surface area contributed by atoms with Crippen LogP contribution in [0.3, 0.4) is 0 Å². The molecule has 0 unspecified atom stereocenters. The number of hydrogen-bond donors (Lipinski definition) is 0. The van der Waals surface area contributed by atoms with Crippen LogP contribution in [0.1, 0.15) is 37.3 Å². The van der Waals surface area contributed by atoms with E-state index in [-0.39, 0.29) is 24.5 Å². The molecule has 0 amide bonds. The zero-order valence-corrected chi connectivity index (χ0v) is 14.2. The Labute approximate surface area is 139 Å². The fourth-order valence-electron chi connectivity index (χ4n) is 3.41. The minimum absolute atomic E-state index is 0.142. The third kappa shape index (κ3) is 3.83. The van der Waals surface area contributed by atoms with Crippen LogP contribution in [-0.2, 0) is 10.0 Å². The second kappa shape index (κ2) is 6.26. The van der Waals surface area contributed by atoms with Gasteiger partial charge in [-0.25, -0.2) is 21.5 Å². The first-order valence-electron chi connectivity index (χ1n) is 7.73. The number of hydrogen-bond acceptors (Lipinski definition) is 3. The quantitative estimate of drug-likeness (QED) is 0.823. The molecule has 2 fully saturated rings. The van der Waals surface area contributed by atoms with Crippen LogP contribution in [0.2, 0.25) is 5.02 Å². The van der Waals surface area contributed by atoms with Crippen molar-refractivity contribution in [3.63, 3.8) is 0 Å². The second-order valence-corrected chi connectivity index (χ2v) is 8.87. The fraction of sp³-hybridized carbons (Fsp3) is 0.667. The molecule has 1 aliphatic carbocycles. The first-order valence-corrected chi connectivity index (χ1v) is 9.72. The summed E-state index contributed by atoms with van der Waals surface area (Å²) in [5.41, 5.74) is 0.810. The van der Waals surface area contributed by atoms with Crippen LogP contribution >= 0.6 is 11.6 Å². The van der Waals surface area contributed by atoms with Gasteiger partial charge < -0.3 is 0 Å². The zero-order chi connectivity index (χ0) is 16.7. The molecule has 1 saturated heterocycles. The Morgan fingerprint density at radius 1 is 1.30 bits per heavy atom. The van der Waals surface area contributed by atoms with E-state index in [0.717, 1.165) is 5.69 Å². The predicted molar refractivity (Wildman–Crippen MR) is 84.3 cm³/mol. The van der Waals surface area contributed by atoms with Crippen molar-refractivity contribution in [1.29, 1.82) is 0 Å². The number of rotatable bonds is 4. The van der Waals surface area contributed by atoms with E-state index in [1.807, 2.05) is 0 Å². The molecule has 0 spiro atoms. The summed E-state index contributed by atoms with van der Waals surface area (Å²) in [5, 5.41) is 0.602. The molecular weight excluding hydrogens is 346 g/mol. The molecule has 0 atom stereocenters. The molecule has 0 aromatic carbocycles. The average Bonchev–Trinajstić information content (AvgIpc) is 2.46. The van der Waals surface area contributed by atoms with Gasteiger partial charge in [0.2, 0.25) is 15.9 Å². The first-order chi connectivity index (χ1) is 10.8. The lowest BCUT2D eigenvalue weighted by Gasteiger charge is -2.37. The molecule has 8 heteroatoms. The van der Waals surface area contributed by atoms with Gasteiger partial charge in [-0.1, -0.05) is 11.6 Å². The largest absolute Gasteiger partial charge is 0.259 e. The van der Waals surface area contributed by atoms with Crippen LogP contribution in [0.15, 0.2) is 18.3 Å². The highest BCUT2D eigenvalue weighted by molar-refractivity contribution is 7.89. The number of sulfonamides is 1. The second-order valence-electron chi connectivity index (χ2n) is 6.45. The van der Waals surface area contributed by atoms with Crippen LogP contribution < -0.4 is 0 Å². The number of pyridine rings is 1. The van der Waals surface area contributed by atoms with E-state index < -0.39 is 21.9 Å². The summed E-state index contributed by atoms with van der Waals surface area (Å²) in [6, 6.07) is 3.55. The number of piperidine rings is 1. The standard InChI is InChI=1S/C15H19ClF2N2O2S/c16-13-2-1-5-19-14(13)12-3-6-20(7-4-12)23(21,22)10-11-8-15(17,18)9-11/h1-2,5,11-12H,3-4,6-10H2. The van der Waals surface area contributed by atoms with E-state index in [1.165, 1.54) is 4.31 Å². The summed E-state index contributed by atoms with van der Waals surface area (Å²) in [4.78, 5) is 4.29. The molecule has 1 saturated carbocycles. The van der Waals surface area contributed by atoms with E-state index in [1.54, 1.807) is 18.3 Å². The van der Waals surface area contributed by atoms with Crippen LogP contribution in [-0.4, -0.2) is 42.5 Å². The number of nitrogens with zero attached hydrogens (tertiary/aromatic N) is 2. The number of aromatic nitrogens is 1. The van der Waals surface area contributed by atoms with Gasteiger partial charge in [-0.3, -0.25) is 4.98 Å². The van der Waals surface area contributed by atoms with Crippen molar-refractivity contribution in [2.45, 2.75) is 37.5 Å². The Morgan fingerprint density at radius 3 is 2.52 bits per heavy atom. The third-order valence-corrected chi connectivity index (χ3v) is 7.01. The number of alkyl halides is 2. The van der Waals surface area contributed by atoms with Crippen molar-refractivity contribution >= 4 is 21.6 Å². The summed E-state index contributed by atoms with van der Waals surface area (Å²) in [6.45, 7) is 0.784. The van der Waals surface area contributed by atoms with Gasteiger partial charge in [-0.15, -0.1) is 0 Å². The van der Waals surface area contributed by atoms with Crippen LogP contribution in [0, 0.1) is 5.92 Å². The van der Waals surface area contributed by atoms with Gasteiger partial charge in [-0.05, 0) is 30.9 Å². The van der Waals surface area contributed by atoms with Crippen molar-refractivity contribution in [1.82, 2.24) is 9.29 Å². The van der Waals surface area contributed by atoms with Crippen LogP contribution in [0.5, 0.6) is 0 Å². The Morgan fingerprint density at radius 2 is 1.96 bits per heavy atom. The van der Waals surface area contributed by atoms with Gasteiger partial charge in [0.1, 0.15) is 0 Å². The predicted octanol–water partition coefficient (Wildman–Crippen LogP) is 3.29. The van der Waals surface area contributed by atoms with Crippen LogP contribution in [0.4, 0.5) is 8.78 Å². The maximum absolute atomic E-state index is 12.9. The summed E-state index contributed by atoms with van der Waals surface area (Å²) < 4.78 is 51.8. The molecule has 1 aromatic rings. The van der Waals surface area contributed by atoms with Crippen molar-refractivity contribution < 1.29 is 17.2 Å². The van der Waals surface area contributed by atoms with Crippen molar-refractivity contribution in [2.24, 2.45) is 5.92 Å². The minimum Gasteiger partial charge on any atom is -0.259 e. The molecule has 0 N–H and O–H groups in total. The van der Waals surface area contributed by atoms with Gasteiger partial charge in [0.25, 0.3) is 0 Å². The Kier molecular flexibility index (Phi) is 4.64. The third-order valence-electron chi connectivity index (χ3n) is 4.64. The highest BCUT2D eigenvalue weighted by atomic mass is 35.5. The topological polar surface area (TPSA) is 50.3 Å². The van der Waals surface area contributed by atoms with E-state index >= 15 is 0 Å². The SMILES string of the molecule is O=S(=O)(CC1CC(F)(F)C1)N1CCC(c2ncccc2Cl)CC1. The van der Waals surface area contributed by atoms with Gasteiger partial charge in [0.05, 0.1) is 16.5 Å². The lowest BCUT2D eigenvalue weighted by atomic mass is 9.83. The minimum atomic E-state index is -3.46. The summed E-state index contributed by atoms with van der Waals surface area (Å²) in [7, 11) is -3.46. The molecule has 0 radical (unpaired) electrons.